The van der Waals surface area contributed by atoms with Gasteiger partial charge in [0.1, 0.15) is 12.7 Å². The topological polar surface area (TPSA) is 81.8 Å². The van der Waals surface area contributed by atoms with Crippen molar-refractivity contribution in [1.82, 2.24) is 24.6 Å². The van der Waals surface area contributed by atoms with Crippen LogP contribution in [0.3, 0.4) is 0 Å². The first-order chi connectivity index (χ1) is 14.6. The summed E-state index contributed by atoms with van der Waals surface area (Å²) in [5, 5.41) is 7.53. The summed E-state index contributed by atoms with van der Waals surface area (Å²) in [5.74, 6) is -0.261. The minimum atomic E-state index is -0.261. The maximum absolute atomic E-state index is 12.6. The van der Waals surface area contributed by atoms with E-state index in [0.717, 1.165) is 16.8 Å². The van der Waals surface area contributed by atoms with Crippen LogP contribution < -0.4 is 10.9 Å². The van der Waals surface area contributed by atoms with E-state index in [9.17, 15) is 9.59 Å². The van der Waals surface area contributed by atoms with Gasteiger partial charge in [0.2, 0.25) is 0 Å². The van der Waals surface area contributed by atoms with Crippen molar-refractivity contribution in [2.45, 2.75) is 13.1 Å². The van der Waals surface area contributed by atoms with Crippen molar-refractivity contribution >= 4 is 17.5 Å². The number of hydrogen-bond acceptors (Lipinski definition) is 4. The van der Waals surface area contributed by atoms with E-state index in [-0.39, 0.29) is 11.5 Å². The summed E-state index contributed by atoms with van der Waals surface area (Å²) < 4.78 is 3.13. The minimum absolute atomic E-state index is 0.199. The highest BCUT2D eigenvalue weighted by molar-refractivity contribution is 6.31. The van der Waals surface area contributed by atoms with Crippen LogP contribution in [-0.4, -0.2) is 25.2 Å². The number of rotatable bonds is 6. The van der Waals surface area contributed by atoms with Crippen molar-refractivity contribution in [1.29, 1.82) is 0 Å². The summed E-state index contributed by atoms with van der Waals surface area (Å²) in [6, 6.07) is 17.9. The van der Waals surface area contributed by atoms with Crippen LogP contribution in [0.4, 0.5) is 0 Å². The molecule has 30 heavy (non-hydrogen) atoms. The van der Waals surface area contributed by atoms with Gasteiger partial charge in [-0.15, -0.1) is 0 Å². The largest absolute Gasteiger partial charge is 0.348 e. The Morgan fingerprint density at radius 1 is 1.03 bits per heavy atom. The molecular weight excluding hydrogens is 402 g/mol. The zero-order valence-electron chi connectivity index (χ0n) is 15.9. The Kier molecular flexibility index (Phi) is 5.72. The van der Waals surface area contributed by atoms with Gasteiger partial charge in [-0.25, -0.2) is 9.67 Å². The molecule has 0 spiro atoms. The first-order valence-corrected chi connectivity index (χ1v) is 9.64. The highest BCUT2D eigenvalue weighted by Gasteiger charge is 2.09. The first kappa shape index (κ1) is 19.6. The smallest absolute Gasteiger partial charge is 0.253 e. The lowest BCUT2D eigenvalue weighted by Crippen LogP contribution is -2.26. The maximum atomic E-state index is 12.6. The molecule has 0 fully saturated rings. The van der Waals surface area contributed by atoms with Crippen molar-refractivity contribution in [2.24, 2.45) is 0 Å². The quantitative estimate of drug-likeness (QED) is 0.520. The van der Waals surface area contributed by atoms with Crippen LogP contribution >= 0.6 is 11.6 Å². The second kappa shape index (κ2) is 8.75. The van der Waals surface area contributed by atoms with Crippen molar-refractivity contribution < 1.29 is 4.79 Å². The molecule has 0 saturated heterocycles. The van der Waals surface area contributed by atoms with Crippen molar-refractivity contribution in [3.8, 4) is 5.69 Å². The third-order valence-electron chi connectivity index (χ3n) is 4.62. The fraction of sp³-hybridized carbons (Fsp3) is 0.0909. The van der Waals surface area contributed by atoms with Crippen molar-refractivity contribution in [3.63, 3.8) is 0 Å². The second-order valence-electron chi connectivity index (χ2n) is 6.66. The van der Waals surface area contributed by atoms with Gasteiger partial charge in [-0.3, -0.25) is 9.59 Å². The minimum Gasteiger partial charge on any atom is -0.348 e. The van der Waals surface area contributed by atoms with Gasteiger partial charge in [0.25, 0.3) is 11.5 Å². The van der Waals surface area contributed by atoms with Crippen LogP contribution in [0.15, 0.2) is 84.3 Å². The number of amides is 1. The number of carbonyl (C=O) groups is 1. The Bertz CT molecular complexity index is 1220. The summed E-state index contributed by atoms with van der Waals surface area (Å²) in [7, 11) is 0. The fourth-order valence-electron chi connectivity index (χ4n) is 2.99. The van der Waals surface area contributed by atoms with Crippen LogP contribution in [-0.2, 0) is 13.1 Å². The standard InChI is InChI=1S/C22H18ClN5O2/c23-20-4-2-1-3-17(20)12-27-13-18(7-10-21(27)29)22(30)25-11-16-5-8-19(9-6-16)28-15-24-14-26-28/h1-10,13-15H,11-12H2,(H,25,30). The normalized spacial score (nSPS) is 10.7. The van der Waals surface area contributed by atoms with E-state index in [2.05, 4.69) is 15.4 Å². The van der Waals surface area contributed by atoms with E-state index in [1.165, 1.54) is 23.0 Å². The summed E-state index contributed by atoms with van der Waals surface area (Å²) in [6.45, 7) is 0.656. The van der Waals surface area contributed by atoms with Gasteiger partial charge in [0, 0.05) is 23.8 Å². The van der Waals surface area contributed by atoms with Crippen LogP contribution in [0, 0.1) is 0 Å². The average Bonchev–Trinajstić information content (AvgIpc) is 3.30. The fourth-order valence-corrected chi connectivity index (χ4v) is 3.19. The predicted molar refractivity (Wildman–Crippen MR) is 114 cm³/mol. The van der Waals surface area contributed by atoms with Gasteiger partial charge in [0.05, 0.1) is 17.8 Å². The molecule has 0 bridgehead atoms. The number of benzene rings is 2. The lowest BCUT2D eigenvalue weighted by Gasteiger charge is -2.10. The molecule has 0 aliphatic carbocycles. The molecule has 4 rings (SSSR count). The van der Waals surface area contributed by atoms with Gasteiger partial charge in [-0.05, 0) is 35.4 Å². The van der Waals surface area contributed by atoms with Crippen LogP contribution in [0.5, 0.6) is 0 Å². The molecule has 0 saturated carbocycles. The summed E-state index contributed by atoms with van der Waals surface area (Å²) in [6.07, 6.45) is 4.64. The number of nitrogens with zero attached hydrogens (tertiary/aromatic N) is 4. The molecular formula is C22H18ClN5O2. The maximum Gasteiger partial charge on any atom is 0.253 e. The third kappa shape index (κ3) is 4.47. The van der Waals surface area contributed by atoms with Gasteiger partial charge < -0.3 is 9.88 Å². The number of hydrogen-bond donors (Lipinski definition) is 1. The molecule has 2 aromatic carbocycles. The van der Waals surface area contributed by atoms with Gasteiger partial charge in [-0.1, -0.05) is 41.9 Å². The zero-order chi connectivity index (χ0) is 20.9. The van der Waals surface area contributed by atoms with Gasteiger partial charge in [-0.2, -0.15) is 5.10 Å². The molecule has 0 unspecified atom stereocenters. The van der Waals surface area contributed by atoms with Crippen molar-refractivity contribution in [2.75, 3.05) is 0 Å². The van der Waals surface area contributed by atoms with Gasteiger partial charge >= 0.3 is 0 Å². The molecule has 2 heterocycles. The molecule has 1 amide bonds. The lowest BCUT2D eigenvalue weighted by atomic mass is 10.2. The van der Waals surface area contributed by atoms with Crippen LogP contribution in [0.2, 0.25) is 5.02 Å². The molecule has 1 N–H and O–H groups in total. The summed E-state index contributed by atoms with van der Waals surface area (Å²) in [4.78, 5) is 28.7. The molecule has 2 aromatic heterocycles. The average molecular weight is 420 g/mol. The van der Waals surface area contributed by atoms with Gasteiger partial charge in [0.15, 0.2) is 0 Å². The number of pyridine rings is 1. The number of nitrogens with one attached hydrogen (secondary N) is 1. The summed E-state index contributed by atoms with van der Waals surface area (Å²) in [5.41, 5.74) is 2.84. The Balaban J connectivity index is 1.43. The van der Waals surface area contributed by atoms with E-state index in [1.54, 1.807) is 23.3 Å². The summed E-state index contributed by atoms with van der Waals surface area (Å²) >= 11 is 6.19. The highest BCUT2D eigenvalue weighted by atomic mass is 35.5. The van der Waals surface area contributed by atoms with Crippen LogP contribution in [0.1, 0.15) is 21.5 Å². The molecule has 4 aromatic rings. The Labute approximate surface area is 177 Å². The molecule has 150 valence electrons. The highest BCUT2D eigenvalue weighted by Crippen LogP contribution is 2.15. The Hall–Kier alpha value is -3.71. The van der Waals surface area contributed by atoms with Crippen LogP contribution in [0.25, 0.3) is 5.69 Å². The van der Waals surface area contributed by atoms with E-state index in [0.29, 0.717) is 23.7 Å². The van der Waals surface area contributed by atoms with E-state index >= 15 is 0 Å². The zero-order valence-corrected chi connectivity index (χ0v) is 16.7. The molecule has 0 radical (unpaired) electrons. The number of halogens is 1. The molecule has 0 atom stereocenters. The predicted octanol–water partition coefficient (Wildman–Crippen LogP) is 3.06. The number of carbonyl (C=O) groups excluding carboxylic acids is 1. The Morgan fingerprint density at radius 3 is 2.57 bits per heavy atom. The molecule has 8 heteroatoms. The third-order valence-corrected chi connectivity index (χ3v) is 4.99. The molecule has 7 nitrogen and oxygen atoms in total. The monoisotopic (exact) mass is 419 g/mol. The van der Waals surface area contributed by atoms with E-state index in [1.807, 2.05) is 42.5 Å². The lowest BCUT2D eigenvalue weighted by molar-refractivity contribution is 0.0950. The number of aromatic nitrogens is 4. The second-order valence-corrected chi connectivity index (χ2v) is 7.07. The first-order valence-electron chi connectivity index (χ1n) is 9.26. The Morgan fingerprint density at radius 2 is 1.83 bits per heavy atom. The molecule has 0 aliphatic heterocycles. The SMILES string of the molecule is O=C(NCc1ccc(-n2cncn2)cc1)c1ccc(=O)n(Cc2ccccc2Cl)c1. The van der Waals surface area contributed by atoms with E-state index < -0.39 is 0 Å². The molecule has 0 aliphatic rings. The van der Waals surface area contributed by atoms with Crippen molar-refractivity contribution in [3.05, 3.63) is 112 Å². The van der Waals surface area contributed by atoms with E-state index in [4.69, 9.17) is 11.6 Å².